The van der Waals surface area contributed by atoms with Gasteiger partial charge in [0.25, 0.3) is 0 Å². The first-order chi connectivity index (χ1) is 9.04. The predicted octanol–water partition coefficient (Wildman–Crippen LogP) is 3.10. The minimum atomic E-state index is -1.15. The number of thiazole rings is 1. The Morgan fingerprint density at radius 3 is 2.74 bits per heavy atom. The van der Waals surface area contributed by atoms with Crippen LogP contribution in [-0.2, 0) is 0 Å². The molecule has 0 fully saturated rings. The number of hydrogen-bond donors (Lipinski definition) is 1. The molecule has 0 unspecified atom stereocenters. The monoisotopic (exact) mass is 280 g/mol. The maximum absolute atomic E-state index is 13.8. The Kier molecular flexibility index (Phi) is 3.80. The number of carboxylic acid groups (broad SMARTS) is 1. The number of rotatable bonds is 4. The number of aromatic nitrogens is 1. The summed E-state index contributed by atoms with van der Waals surface area (Å²) in [4.78, 5) is 17.5. The molecule has 0 aliphatic heterocycles. The first-order valence-corrected chi connectivity index (χ1v) is 6.56. The van der Waals surface area contributed by atoms with E-state index in [0.29, 0.717) is 16.6 Å². The highest BCUT2D eigenvalue weighted by Gasteiger charge is 2.21. The van der Waals surface area contributed by atoms with Crippen molar-refractivity contribution >= 4 is 22.4 Å². The Morgan fingerprint density at radius 1 is 1.47 bits per heavy atom. The van der Waals surface area contributed by atoms with E-state index in [4.69, 9.17) is 0 Å². The minimum absolute atomic E-state index is 0.106. The Bertz CT molecular complexity index is 612. The largest absolute Gasteiger partial charge is 0.476 e. The fraction of sp³-hybridized carbons (Fsp3) is 0.231. The average Bonchev–Trinajstić information content (AvgIpc) is 2.83. The standard InChI is InChI=1S/C13H13FN2O2S/c1-3-16(2)13-15-10(12(17)18)11(19-13)8-6-4-5-7-9(8)14/h4-7H,3H2,1-2H3,(H,17,18). The van der Waals surface area contributed by atoms with Gasteiger partial charge in [0.2, 0.25) is 0 Å². The lowest BCUT2D eigenvalue weighted by molar-refractivity contribution is 0.0692. The molecule has 4 nitrogen and oxygen atoms in total. The van der Waals surface area contributed by atoms with Gasteiger partial charge in [-0.2, -0.15) is 0 Å². The van der Waals surface area contributed by atoms with E-state index in [2.05, 4.69) is 4.98 Å². The first kappa shape index (κ1) is 13.5. The fourth-order valence-electron chi connectivity index (χ4n) is 1.58. The highest BCUT2D eigenvalue weighted by Crippen LogP contribution is 2.35. The van der Waals surface area contributed by atoms with Gasteiger partial charge in [0.1, 0.15) is 5.82 Å². The predicted molar refractivity (Wildman–Crippen MR) is 73.4 cm³/mol. The number of hydrogen-bond acceptors (Lipinski definition) is 4. The molecule has 0 aliphatic carbocycles. The van der Waals surface area contributed by atoms with Crippen LogP contribution in [0.5, 0.6) is 0 Å². The lowest BCUT2D eigenvalue weighted by Gasteiger charge is -2.11. The Hall–Kier alpha value is -1.95. The van der Waals surface area contributed by atoms with Gasteiger partial charge in [-0.3, -0.25) is 0 Å². The second-order valence-corrected chi connectivity index (χ2v) is 4.95. The van der Waals surface area contributed by atoms with Crippen LogP contribution in [0.15, 0.2) is 24.3 Å². The maximum atomic E-state index is 13.8. The fourth-order valence-corrected chi connectivity index (χ4v) is 2.69. The number of carboxylic acids is 1. The molecule has 0 amide bonds. The van der Waals surface area contributed by atoms with Crippen molar-refractivity contribution < 1.29 is 14.3 Å². The van der Waals surface area contributed by atoms with Gasteiger partial charge in [-0.15, -0.1) is 0 Å². The van der Waals surface area contributed by atoms with E-state index in [1.165, 1.54) is 17.4 Å². The molecule has 100 valence electrons. The summed E-state index contributed by atoms with van der Waals surface area (Å²) in [6.45, 7) is 2.63. The summed E-state index contributed by atoms with van der Waals surface area (Å²) < 4.78 is 13.8. The topological polar surface area (TPSA) is 53.4 Å². The van der Waals surface area contributed by atoms with E-state index in [-0.39, 0.29) is 11.3 Å². The summed E-state index contributed by atoms with van der Waals surface area (Å²) in [6.07, 6.45) is 0. The van der Waals surface area contributed by atoms with Crippen LogP contribution < -0.4 is 4.90 Å². The van der Waals surface area contributed by atoms with Gasteiger partial charge in [0, 0.05) is 19.2 Å². The molecule has 19 heavy (non-hydrogen) atoms. The van der Waals surface area contributed by atoms with Crippen molar-refractivity contribution in [3.63, 3.8) is 0 Å². The van der Waals surface area contributed by atoms with Gasteiger partial charge in [-0.25, -0.2) is 14.2 Å². The van der Waals surface area contributed by atoms with Crippen molar-refractivity contribution in [3.8, 4) is 10.4 Å². The molecular formula is C13H13FN2O2S. The van der Waals surface area contributed by atoms with Gasteiger partial charge in [0.05, 0.1) is 4.88 Å². The van der Waals surface area contributed by atoms with E-state index in [9.17, 15) is 14.3 Å². The number of carbonyl (C=O) groups is 1. The lowest BCUT2D eigenvalue weighted by Crippen LogP contribution is -2.15. The third-order valence-corrected chi connectivity index (χ3v) is 3.94. The molecule has 0 saturated heterocycles. The molecule has 1 aromatic carbocycles. The van der Waals surface area contributed by atoms with Gasteiger partial charge in [-0.05, 0) is 13.0 Å². The summed E-state index contributed by atoms with van der Waals surface area (Å²) in [5, 5.41) is 9.76. The molecule has 0 atom stereocenters. The van der Waals surface area contributed by atoms with Gasteiger partial charge in [-0.1, -0.05) is 29.5 Å². The van der Waals surface area contributed by atoms with Crippen molar-refractivity contribution in [2.24, 2.45) is 0 Å². The van der Waals surface area contributed by atoms with Crippen LogP contribution in [0.25, 0.3) is 10.4 Å². The Morgan fingerprint density at radius 2 is 2.16 bits per heavy atom. The van der Waals surface area contributed by atoms with E-state index < -0.39 is 11.8 Å². The molecule has 1 aromatic heterocycles. The quantitative estimate of drug-likeness (QED) is 0.935. The molecule has 0 aliphatic rings. The summed E-state index contributed by atoms with van der Waals surface area (Å²) in [6, 6.07) is 6.11. The number of halogens is 1. The molecule has 6 heteroatoms. The molecule has 2 rings (SSSR count). The number of nitrogens with zero attached hydrogens (tertiary/aromatic N) is 2. The van der Waals surface area contributed by atoms with E-state index in [0.717, 1.165) is 0 Å². The zero-order valence-corrected chi connectivity index (χ0v) is 11.4. The summed E-state index contributed by atoms with van der Waals surface area (Å²) >= 11 is 1.18. The highest BCUT2D eigenvalue weighted by molar-refractivity contribution is 7.19. The maximum Gasteiger partial charge on any atom is 0.356 e. The van der Waals surface area contributed by atoms with E-state index in [1.54, 1.807) is 18.2 Å². The smallest absolute Gasteiger partial charge is 0.356 e. The van der Waals surface area contributed by atoms with Crippen LogP contribution in [0, 0.1) is 5.82 Å². The second-order valence-electron chi connectivity index (χ2n) is 3.97. The summed E-state index contributed by atoms with van der Waals surface area (Å²) in [5.41, 5.74) is 0.165. The van der Waals surface area contributed by atoms with Crippen molar-refractivity contribution in [3.05, 3.63) is 35.8 Å². The van der Waals surface area contributed by atoms with Crippen LogP contribution in [0.4, 0.5) is 9.52 Å². The van der Waals surface area contributed by atoms with Crippen molar-refractivity contribution in [1.29, 1.82) is 0 Å². The third-order valence-electron chi connectivity index (χ3n) is 2.74. The van der Waals surface area contributed by atoms with E-state index >= 15 is 0 Å². The van der Waals surface area contributed by atoms with Crippen molar-refractivity contribution in [2.75, 3.05) is 18.5 Å². The normalized spacial score (nSPS) is 10.5. The highest BCUT2D eigenvalue weighted by atomic mass is 32.1. The Balaban J connectivity index is 2.59. The lowest BCUT2D eigenvalue weighted by atomic mass is 10.1. The second kappa shape index (κ2) is 5.36. The average molecular weight is 280 g/mol. The Labute approximate surface area is 114 Å². The van der Waals surface area contributed by atoms with Crippen molar-refractivity contribution in [1.82, 2.24) is 4.98 Å². The number of aromatic carboxylic acids is 1. The van der Waals surface area contributed by atoms with Gasteiger partial charge in [0.15, 0.2) is 10.8 Å². The number of benzene rings is 1. The molecular weight excluding hydrogens is 267 g/mol. The van der Waals surface area contributed by atoms with Crippen LogP contribution in [0.3, 0.4) is 0 Å². The summed E-state index contributed by atoms with van der Waals surface area (Å²) in [7, 11) is 1.82. The molecule has 2 aromatic rings. The van der Waals surface area contributed by atoms with Crippen molar-refractivity contribution in [2.45, 2.75) is 6.92 Å². The molecule has 0 spiro atoms. The number of anilines is 1. The molecule has 1 N–H and O–H groups in total. The SMILES string of the molecule is CCN(C)c1nc(C(=O)O)c(-c2ccccc2F)s1. The van der Waals surface area contributed by atoms with Crippen LogP contribution in [0.2, 0.25) is 0 Å². The summed E-state index contributed by atoms with van der Waals surface area (Å²) in [5.74, 6) is -1.59. The van der Waals surface area contributed by atoms with Gasteiger partial charge >= 0.3 is 5.97 Å². The van der Waals surface area contributed by atoms with E-state index in [1.807, 2.05) is 18.9 Å². The minimum Gasteiger partial charge on any atom is -0.476 e. The molecule has 0 radical (unpaired) electrons. The first-order valence-electron chi connectivity index (χ1n) is 5.74. The van der Waals surface area contributed by atoms with Crippen LogP contribution >= 0.6 is 11.3 Å². The van der Waals surface area contributed by atoms with Crippen LogP contribution in [-0.4, -0.2) is 29.7 Å². The zero-order valence-electron chi connectivity index (χ0n) is 10.6. The molecule has 1 heterocycles. The van der Waals surface area contributed by atoms with Gasteiger partial charge < -0.3 is 10.0 Å². The zero-order chi connectivity index (χ0) is 14.0. The third kappa shape index (κ3) is 2.58. The molecule has 0 saturated carbocycles. The molecule has 0 bridgehead atoms. The van der Waals surface area contributed by atoms with Crippen LogP contribution in [0.1, 0.15) is 17.4 Å².